The van der Waals surface area contributed by atoms with Gasteiger partial charge in [0.15, 0.2) is 0 Å². The Morgan fingerprint density at radius 1 is 1.06 bits per heavy atom. The van der Waals surface area contributed by atoms with Gasteiger partial charge in [-0.25, -0.2) is 8.42 Å². The van der Waals surface area contributed by atoms with E-state index in [9.17, 15) is 37.1 Å². The summed E-state index contributed by atoms with van der Waals surface area (Å²) >= 11 is 1.14. The molecule has 0 saturated carbocycles. The van der Waals surface area contributed by atoms with Crippen LogP contribution in [0.25, 0.3) is 11.3 Å². The number of piperidine rings is 1. The highest BCUT2D eigenvalue weighted by Gasteiger charge is 2.35. The molecule has 11 nitrogen and oxygen atoms in total. The molecule has 2 N–H and O–H groups in total. The number of anilines is 1. The molecule has 0 amide bonds. The number of halogens is 3. The average Bonchev–Trinajstić information content (AvgIpc) is 3.48. The third-order valence-corrected chi connectivity index (χ3v) is 12.5. The Morgan fingerprint density at radius 3 is 2.54 bits per heavy atom. The van der Waals surface area contributed by atoms with Gasteiger partial charge in [-0.15, -0.1) is 11.8 Å². The SMILES string of the molecule is CS(=O)(=O)N1CCc2c(c(-c3ccc(C(F)(F)F)c(SCCN4CCCC(CO)C4)c3)nn2CC(O)CN2CCN(c3ccccc3C#N)CC2)C1. The summed E-state index contributed by atoms with van der Waals surface area (Å²) in [5.41, 5.74) is 3.06. The number of alkyl halides is 3. The van der Waals surface area contributed by atoms with Gasteiger partial charge in [0.25, 0.3) is 0 Å². The van der Waals surface area contributed by atoms with E-state index >= 15 is 0 Å². The average molecular weight is 762 g/mol. The molecule has 0 radical (unpaired) electrons. The van der Waals surface area contributed by atoms with E-state index in [1.807, 2.05) is 18.2 Å². The van der Waals surface area contributed by atoms with E-state index in [1.54, 1.807) is 10.7 Å². The number of thioether (sulfide) groups is 1. The number of likely N-dealkylation sites (tertiary alicyclic amines) is 1. The van der Waals surface area contributed by atoms with Crippen molar-refractivity contribution in [2.75, 3.05) is 82.4 Å². The smallest absolute Gasteiger partial charge is 0.396 e. The number of aliphatic hydroxyl groups excluding tert-OH is 2. The number of fused-ring (bicyclic) bond motifs is 1. The molecule has 0 spiro atoms. The number of sulfonamides is 1. The van der Waals surface area contributed by atoms with Gasteiger partial charge in [-0.05, 0) is 49.6 Å². The second-order valence-electron chi connectivity index (χ2n) is 13.9. The van der Waals surface area contributed by atoms with E-state index < -0.39 is 27.9 Å². The number of β-amino-alcohol motifs (C(OH)–C–C–N with tert-alkyl or cyclic N) is 1. The van der Waals surface area contributed by atoms with Gasteiger partial charge >= 0.3 is 6.18 Å². The van der Waals surface area contributed by atoms with Crippen molar-refractivity contribution in [2.24, 2.45) is 5.92 Å². The molecular formula is C36H46F3N7O4S2. The molecule has 3 aromatic rings. The van der Waals surface area contributed by atoms with Gasteiger partial charge in [-0.3, -0.25) is 9.58 Å². The van der Waals surface area contributed by atoms with Gasteiger partial charge in [-0.1, -0.05) is 18.2 Å². The molecule has 1 aromatic heterocycles. The van der Waals surface area contributed by atoms with Crippen LogP contribution in [0.5, 0.6) is 0 Å². The fourth-order valence-electron chi connectivity index (χ4n) is 7.51. The summed E-state index contributed by atoms with van der Waals surface area (Å²) in [6.07, 6.45) is -1.98. The fourth-order valence-corrected chi connectivity index (χ4v) is 9.42. The van der Waals surface area contributed by atoms with Crippen molar-refractivity contribution >= 4 is 27.5 Å². The van der Waals surface area contributed by atoms with Crippen LogP contribution in [0.3, 0.4) is 0 Å². The van der Waals surface area contributed by atoms with Gasteiger partial charge in [0.2, 0.25) is 10.0 Å². The van der Waals surface area contributed by atoms with E-state index in [4.69, 9.17) is 5.10 Å². The monoisotopic (exact) mass is 761 g/mol. The maximum atomic E-state index is 14.2. The lowest BCUT2D eigenvalue weighted by Crippen LogP contribution is -2.49. The second kappa shape index (κ2) is 16.5. The van der Waals surface area contributed by atoms with Crippen LogP contribution in [-0.2, 0) is 35.7 Å². The van der Waals surface area contributed by atoms with Gasteiger partial charge < -0.3 is 20.0 Å². The number of piperazine rings is 1. The summed E-state index contributed by atoms with van der Waals surface area (Å²) in [5, 5.41) is 35.2. The lowest BCUT2D eigenvalue weighted by Gasteiger charge is -2.37. The molecule has 3 aliphatic heterocycles. The molecule has 2 aromatic carbocycles. The van der Waals surface area contributed by atoms with Crippen LogP contribution in [0.15, 0.2) is 47.4 Å². The van der Waals surface area contributed by atoms with Crippen molar-refractivity contribution in [3.05, 3.63) is 64.8 Å². The molecule has 2 unspecified atom stereocenters. The maximum absolute atomic E-state index is 14.2. The lowest BCUT2D eigenvalue weighted by atomic mass is 9.99. The molecule has 282 valence electrons. The summed E-state index contributed by atoms with van der Waals surface area (Å²) in [7, 11) is -3.55. The largest absolute Gasteiger partial charge is 0.417 e. The summed E-state index contributed by atoms with van der Waals surface area (Å²) in [6, 6.07) is 13.7. The highest BCUT2D eigenvalue weighted by molar-refractivity contribution is 7.99. The molecule has 0 bridgehead atoms. The Labute approximate surface area is 307 Å². The predicted octanol–water partition coefficient (Wildman–Crippen LogP) is 3.74. The first-order chi connectivity index (χ1) is 24.8. The zero-order valence-electron chi connectivity index (χ0n) is 29.3. The van der Waals surface area contributed by atoms with Crippen molar-refractivity contribution in [3.63, 3.8) is 0 Å². The molecule has 6 rings (SSSR count). The zero-order chi connectivity index (χ0) is 37.0. The van der Waals surface area contributed by atoms with Crippen LogP contribution in [0.2, 0.25) is 0 Å². The zero-order valence-corrected chi connectivity index (χ0v) is 30.9. The van der Waals surface area contributed by atoms with E-state index in [0.717, 1.165) is 61.4 Å². The first-order valence-corrected chi connectivity index (χ1v) is 20.5. The van der Waals surface area contributed by atoms with E-state index in [-0.39, 0.29) is 37.1 Å². The standard InChI is InChI=1S/C36H46F3N7O4S2/c1-52(49,50)45-12-10-33-30(24-45)35(27-8-9-31(36(37,38)39)34(19-27)51-18-17-42-11-4-5-26(21-42)25-47)41-46(33)23-29(48)22-43-13-15-44(16-14-43)32-7-3-2-6-28(32)20-40/h2-3,6-9,19,26,29,47-48H,4-5,10-18,21-25H2,1H3. The molecule has 52 heavy (non-hydrogen) atoms. The number of nitrogens with zero attached hydrogens (tertiary/aromatic N) is 7. The van der Waals surface area contributed by atoms with Gasteiger partial charge in [0, 0.05) is 99.4 Å². The van der Waals surface area contributed by atoms with Gasteiger partial charge in [0.05, 0.1) is 41.4 Å². The first kappa shape index (κ1) is 38.6. The molecule has 4 heterocycles. The number of rotatable bonds is 12. The topological polar surface area (TPSA) is 129 Å². The minimum atomic E-state index is -4.56. The van der Waals surface area contributed by atoms with Crippen molar-refractivity contribution in [3.8, 4) is 17.3 Å². The lowest BCUT2D eigenvalue weighted by molar-refractivity contribution is -0.139. The second-order valence-corrected chi connectivity index (χ2v) is 17.0. The van der Waals surface area contributed by atoms with Gasteiger partial charge in [-0.2, -0.15) is 27.8 Å². The van der Waals surface area contributed by atoms with Crippen LogP contribution in [0, 0.1) is 17.2 Å². The molecule has 2 atom stereocenters. The predicted molar refractivity (Wildman–Crippen MR) is 194 cm³/mol. The van der Waals surface area contributed by atoms with E-state index in [0.29, 0.717) is 73.8 Å². The van der Waals surface area contributed by atoms with Crippen molar-refractivity contribution in [2.45, 2.75) is 49.5 Å². The molecule has 2 saturated heterocycles. The Hall–Kier alpha value is -3.17. The Morgan fingerprint density at radius 2 is 1.83 bits per heavy atom. The number of hydrogen-bond donors (Lipinski definition) is 2. The third-order valence-electron chi connectivity index (χ3n) is 10.2. The van der Waals surface area contributed by atoms with Crippen LogP contribution in [-0.4, -0.2) is 126 Å². The molecule has 0 aliphatic carbocycles. The fraction of sp³-hybridized carbons (Fsp3) is 0.556. The Bertz CT molecular complexity index is 1860. The van der Waals surface area contributed by atoms with Crippen LogP contribution < -0.4 is 4.90 Å². The van der Waals surface area contributed by atoms with Crippen molar-refractivity contribution in [1.82, 2.24) is 23.9 Å². The minimum Gasteiger partial charge on any atom is -0.396 e. The highest BCUT2D eigenvalue weighted by Crippen LogP contribution is 2.40. The molecular weight excluding hydrogens is 716 g/mol. The highest BCUT2D eigenvalue weighted by atomic mass is 32.2. The number of aliphatic hydroxyl groups is 2. The summed E-state index contributed by atoms with van der Waals surface area (Å²) in [4.78, 5) is 6.59. The van der Waals surface area contributed by atoms with Crippen LogP contribution in [0.1, 0.15) is 35.2 Å². The third kappa shape index (κ3) is 9.12. The quantitative estimate of drug-likeness (QED) is 0.264. The Kier molecular flexibility index (Phi) is 12.2. The number of benzene rings is 2. The summed E-state index contributed by atoms with van der Waals surface area (Å²) in [6.45, 7) is 5.84. The van der Waals surface area contributed by atoms with Crippen LogP contribution >= 0.6 is 11.8 Å². The summed E-state index contributed by atoms with van der Waals surface area (Å²) < 4.78 is 70.8. The summed E-state index contributed by atoms with van der Waals surface area (Å²) in [5.74, 6) is 0.618. The van der Waals surface area contributed by atoms with Gasteiger partial charge in [0.1, 0.15) is 6.07 Å². The minimum absolute atomic E-state index is 0.0379. The first-order valence-electron chi connectivity index (χ1n) is 17.7. The maximum Gasteiger partial charge on any atom is 0.417 e. The molecule has 2 fully saturated rings. The number of nitriles is 1. The number of aromatic nitrogens is 2. The van der Waals surface area contributed by atoms with Crippen molar-refractivity contribution in [1.29, 1.82) is 5.26 Å². The number of hydrogen-bond acceptors (Lipinski definition) is 10. The van der Waals surface area contributed by atoms with E-state index in [1.165, 1.54) is 16.4 Å². The normalized spacial score (nSPS) is 20.1. The molecule has 16 heteroatoms. The van der Waals surface area contributed by atoms with Crippen LogP contribution in [0.4, 0.5) is 18.9 Å². The number of para-hydroxylation sites is 1. The Balaban J connectivity index is 1.20. The molecule has 3 aliphatic rings. The van der Waals surface area contributed by atoms with E-state index in [2.05, 4.69) is 20.8 Å². The van der Waals surface area contributed by atoms with Crippen molar-refractivity contribution < 1.29 is 31.8 Å².